The van der Waals surface area contributed by atoms with Crippen molar-refractivity contribution >= 4 is 31.2 Å². The largest absolute Gasteiger partial charge is 0.308 e. The zero-order valence-electron chi connectivity index (χ0n) is 27.4. The van der Waals surface area contributed by atoms with Crippen LogP contribution in [0.15, 0.2) is 63.1 Å². The van der Waals surface area contributed by atoms with E-state index in [2.05, 4.69) is 48.2 Å². The molecular weight excluding hydrogens is 639 g/mol. The number of piperidine rings is 1. The first-order chi connectivity index (χ1) is 22.2. The summed E-state index contributed by atoms with van der Waals surface area (Å²) in [7, 11) is -5.97. The van der Waals surface area contributed by atoms with Crippen molar-refractivity contribution in [3.63, 3.8) is 0 Å². The summed E-state index contributed by atoms with van der Waals surface area (Å²) < 4.78 is 58.0. The van der Waals surface area contributed by atoms with E-state index in [1.807, 2.05) is 12.1 Å². The lowest BCUT2D eigenvalue weighted by molar-refractivity contribution is 0.286. The van der Waals surface area contributed by atoms with Crippen LogP contribution in [0.25, 0.3) is 11.2 Å². The van der Waals surface area contributed by atoms with Crippen LogP contribution in [0.3, 0.4) is 0 Å². The predicted octanol–water partition coefficient (Wildman–Crippen LogP) is 4.38. The number of aromatic amines is 1. The summed E-state index contributed by atoms with van der Waals surface area (Å²) in [6.07, 6.45) is 5.73. The third-order valence-corrected chi connectivity index (χ3v) is 13.4. The highest BCUT2D eigenvalue weighted by Gasteiger charge is 2.33. The molecule has 0 unspecified atom stereocenters. The van der Waals surface area contributed by atoms with Crippen LogP contribution >= 0.6 is 0 Å². The van der Waals surface area contributed by atoms with Gasteiger partial charge < -0.3 is 4.98 Å². The molecule has 6 rings (SSSR count). The number of hydrogen-bond donors (Lipinski definition) is 1. The van der Waals surface area contributed by atoms with Gasteiger partial charge in [0, 0.05) is 32.1 Å². The first-order valence-electron chi connectivity index (χ1n) is 16.3. The number of rotatable bonds is 8. The molecule has 47 heavy (non-hydrogen) atoms. The fraction of sp³-hybridized carbons (Fsp3) is 0.515. The maximum Gasteiger partial charge on any atom is 0.281 e. The van der Waals surface area contributed by atoms with E-state index in [9.17, 15) is 21.6 Å². The van der Waals surface area contributed by atoms with Gasteiger partial charge in [0.1, 0.15) is 5.82 Å². The molecule has 1 saturated carbocycles. The second-order valence-electron chi connectivity index (χ2n) is 13.8. The first-order valence-corrected chi connectivity index (χ1v) is 19.1. The normalized spacial score (nSPS) is 17.9. The Bertz CT molecular complexity index is 2000. The van der Waals surface area contributed by atoms with Gasteiger partial charge in [-0.15, -0.1) is 5.10 Å². The standard InChI is InChI=1S/C33H43N7O5S2/c1-33(2,3)25-12-10-23(11-13-25)22-40-31-29(36-37-40)32(41)35-30(34-31)24-18-20-39(21-19-24)47(44,45)28-16-14-27(15-17-28)46(42,43)38(4)26-8-6-5-7-9-26/h10-17,24,26H,5-9,18-22H2,1-4H3,(H,34,35,41). The molecule has 1 N–H and O–H groups in total. The van der Waals surface area contributed by atoms with E-state index in [1.54, 1.807) is 11.7 Å². The molecule has 0 amide bonds. The number of H-pyrrole nitrogens is 1. The van der Waals surface area contributed by atoms with Crippen molar-refractivity contribution in [1.29, 1.82) is 0 Å². The van der Waals surface area contributed by atoms with E-state index < -0.39 is 20.0 Å². The first kappa shape index (κ1) is 33.4. The van der Waals surface area contributed by atoms with Crippen molar-refractivity contribution in [3.05, 3.63) is 75.8 Å². The molecule has 1 aliphatic carbocycles. The number of fused-ring (bicyclic) bond motifs is 1. The van der Waals surface area contributed by atoms with Crippen LogP contribution in [0.4, 0.5) is 0 Å². The lowest BCUT2D eigenvalue weighted by atomic mass is 9.87. The molecule has 2 aliphatic rings. The van der Waals surface area contributed by atoms with Gasteiger partial charge in [-0.05, 0) is 66.5 Å². The van der Waals surface area contributed by atoms with Crippen LogP contribution in [0.1, 0.15) is 88.6 Å². The Hall–Kier alpha value is -3.46. The fourth-order valence-electron chi connectivity index (χ4n) is 6.58. The minimum absolute atomic E-state index is 0.0359. The lowest BCUT2D eigenvalue weighted by Gasteiger charge is -2.31. The Morgan fingerprint density at radius 3 is 2.11 bits per heavy atom. The zero-order valence-corrected chi connectivity index (χ0v) is 29.0. The third kappa shape index (κ3) is 6.78. The summed E-state index contributed by atoms with van der Waals surface area (Å²) >= 11 is 0. The third-order valence-electron chi connectivity index (χ3n) is 9.61. The van der Waals surface area contributed by atoms with Gasteiger partial charge in [-0.2, -0.15) is 8.61 Å². The minimum Gasteiger partial charge on any atom is -0.308 e. The molecule has 252 valence electrons. The maximum absolute atomic E-state index is 13.5. The Labute approximate surface area is 276 Å². The highest BCUT2D eigenvalue weighted by molar-refractivity contribution is 7.89. The van der Waals surface area contributed by atoms with Gasteiger partial charge in [-0.25, -0.2) is 26.5 Å². The van der Waals surface area contributed by atoms with E-state index in [0.717, 1.165) is 37.7 Å². The smallest absolute Gasteiger partial charge is 0.281 e. The summed E-state index contributed by atoms with van der Waals surface area (Å²) in [5.41, 5.74) is 2.44. The van der Waals surface area contributed by atoms with Gasteiger partial charge in [0.2, 0.25) is 20.0 Å². The number of nitrogens with one attached hydrogen (secondary N) is 1. The molecule has 3 heterocycles. The van der Waals surface area contributed by atoms with Gasteiger partial charge in [0.05, 0.1) is 16.3 Å². The van der Waals surface area contributed by atoms with Crippen molar-refractivity contribution in [1.82, 2.24) is 33.6 Å². The van der Waals surface area contributed by atoms with Crippen LogP contribution in [0, 0.1) is 0 Å². The Kier molecular flexibility index (Phi) is 9.15. The van der Waals surface area contributed by atoms with Crippen molar-refractivity contribution in [2.45, 2.75) is 99.4 Å². The van der Waals surface area contributed by atoms with Gasteiger partial charge in [0.25, 0.3) is 5.56 Å². The number of sulfonamides is 2. The van der Waals surface area contributed by atoms with Gasteiger partial charge >= 0.3 is 0 Å². The van der Waals surface area contributed by atoms with Crippen LogP contribution in [-0.4, -0.2) is 76.6 Å². The van der Waals surface area contributed by atoms with Crippen LogP contribution < -0.4 is 5.56 Å². The SMILES string of the molecule is CN(C1CCCCC1)S(=O)(=O)c1ccc(S(=O)(=O)N2CCC(c3nc4c(nnn4Cc4ccc(C(C)(C)C)cc4)c(=O)[nH]3)CC2)cc1. The molecule has 0 atom stereocenters. The van der Waals surface area contributed by atoms with Gasteiger partial charge in [0.15, 0.2) is 11.2 Å². The lowest BCUT2D eigenvalue weighted by Crippen LogP contribution is -2.39. The molecule has 1 saturated heterocycles. The summed E-state index contributed by atoms with van der Waals surface area (Å²) in [6.45, 7) is 7.36. The minimum atomic E-state index is -3.85. The summed E-state index contributed by atoms with van der Waals surface area (Å²) in [4.78, 5) is 20.7. The average Bonchev–Trinajstić information content (AvgIpc) is 3.47. The predicted molar refractivity (Wildman–Crippen MR) is 179 cm³/mol. The van der Waals surface area contributed by atoms with Gasteiger partial charge in [-0.1, -0.05) is 69.5 Å². The highest BCUT2D eigenvalue weighted by Crippen LogP contribution is 2.31. The monoisotopic (exact) mass is 681 g/mol. The maximum atomic E-state index is 13.5. The van der Waals surface area contributed by atoms with E-state index in [1.165, 1.54) is 38.4 Å². The van der Waals surface area contributed by atoms with Crippen LogP contribution in [0.2, 0.25) is 0 Å². The second kappa shape index (κ2) is 12.9. The topological polar surface area (TPSA) is 151 Å². The highest BCUT2D eigenvalue weighted by atomic mass is 32.2. The molecular formula is C33H43N7O5S2. The Morgan fingerprint density at radius 2 is 1.49 bits per heavy atom. The fourth-order valence-corrected chi connectivity index (χ4v) is 9.46. The molecule has 14 heteroatoms. The van der Waals surface area contributed by atoms with Crippen LogP contribution in [0.5, 0.6) is 0 Å². The molecule has 0 spiro atoms. The molecule has 4 aromatic rings. The Balaban J connectivity index is 1.14. The molecule has 12 nitrogen and oxygen atoms in total. The number of aromatic nitrogens is 5. The van der Waals surface area contributed by atoms with Gasteiger partial charge in [-0.3, -0.25) is 4.79 Å². The summed E-state index contributed by atoms with van der Waals surface area (Å²) in [5, 5.41) is 8.27. The van der Waals surface area contributed by atoms with E-state index in [-0.39, 0.29) is 51.3 Å². The second-order valence-corrected chi connectivity index (χ2v) is 17.7. The van der Waals surface area contributed by atoms with Crippen molar-refractivity contribution in [3.8, 4) is 0 Å². The molecule has 2 aromatic heterocycles. The van der Waals surface area contributed by atoms with Crippen molar-refractivity contribution in [2.24, 2.45) is 0 Å². The van der Waals surface area contributed by atoms with E-state index >= 15 is 0 Å². The number of nitrogens with zero attached hydrogens (tertiary/aromatic N) is 6. The zero-order chi connectivity index (χ0) is 33.6. The molecule has 0 radical (unpaired) electrons. The molecule has 0 bridgehead atoms. The van der Waals surface area contributed by atoms with Crippen molar-refractivity contribution < 1.29 is 16.8 Å². The molecule has 2 aromatic carbocycles. The number of benzene rings is 2. The Morgan fingerprint density at radius 1 is 0.872 bits per heavy atom. The summed E-state index contributed by atoms with van der Waals surface area (Å²) in [6, 6.07) is 13.8. The average molecular weight is 682 g/mol. The van der Waals surface area contributed by atoms with E-state index in [4.69, 9.17) is 4.98 Å². The molecule has 1 aliphatic heterocycles. The summed E-state index contributed by atoms with van der Waals surface area (Å²) in [5.74, 6) is 0.332. The number of hydrogen-bond acceptors (Lipinski definition) is 8. The van der Waals surface area contributed by atoms with Crippen LogP contribution in [-0.2, 0) is 32.0 Å². The van der Waals surface area contributed by atoms with E-state index in [0.29, 0.717) is 30.9 Å². The molecule has 2 fully saturated rings. The van der Waals surface area contributed by atoms with Crippen molar-refractivity contribution in [2.75, 3.05) is 20.1 Å². The quantitative estimate of drug-likeness (QED) is 0.288.